The zero-order valence-corrected chi connectivity index (χ0v) is 12.6. The SMILES string of the molecule is CC(=O)CCCC(=O)OCC1CCN(c2ccccc2)C1. The highest BCUT2D eigenvalue weighted by molar-refractivity contribution is 5.76. The van der Waals surface area contributed by atoms with Crippen LogP contribution in [0.25, 0.3) is 0 Å². The summed E-state index contributed by atoms with van der Waals surface area (Å²) >= 11 is 0. The minimum Gasteiger partial charge on any atom is -0.465 e. The number of esters is 1. The van der Waals surface area contributed by atoms with Crippen LogP contribution in [0.1, 0.15) is 32.6 Å². The van der Waals surface area contributed by atoms with Crippen molar-refractivity contribution in [2.24, 2.45) is 5.92 Å². The molecule has 2 rings (SSSR count). The summed E-state index contributed by atoms with van der Waals surface area (Å²) in [7, 11) is 0. The number of hydrogen-bond acceptors (Lipinski definition) is 4. The molecular formula is C17H23NO3. The van der Waals surface area contributed by atoms with Crippen molar-refractivity contribution in [2.45, 2.75) is 32.6 Å². The molecule has 0 aliphatic carbocycles. The zero-order chi connectivity index (χ0) is 15.1. The Morgan fingerprint density at radius 1 is 1.24 bits per heavy atom. The Bertz CT molecular complexity index is 472. The zero-order valence-electron chi connectivity index (χ0n) is 12.6. The molecule has 0 radical (unpaired) electrons. The molecule has 114 valence electrons. The van der Waals surface area contributed by atoms with E-state index in [0.717, 1.165) is 19.5 Å². The van der Waals surface area contributed by atoms with Crippen LogP contribution in [0.4, 0.5) is 5.69 Å². The Kier molecular flexibility index (Phi) is 5.78. The molecule has 1 aliphatic heterocycles. The van der Waals surface area contributed by atoms with Crippen molar-refractivity contribution in [3.8, 4) is 0 Å². The van der Waals surface area contributed by atoms with Gasteiger partial charge in [-0.1, -0.05) is 18.2 Å². The van der Waals surface area contributed by atoms with E-state index in [4.69, 9.17) is 4.74 Å². The van der Waals surface area contributed by atoms with Crippen molar-refractivity contribution in [2.75, 3.05) is 24.6 Å². The summed E-state index contributed by atoms with van der Waals surface area (Å²) in [6.07, 6.45) is 2.44. The molecule has 1 aromatic carbocycles. The Labute approximate surface area is 126 Å². The van der Waals surface area contributed by atoms with Gasteiger partial charge in [0.2, 0.25) is 0 Å². The summed E-state index contributed by atoms with van der Waals surface area (Å²) in [5.41, 5.74) is 1.23. The van der Waals surface area contributed by atoms with Crippen LogP contribution < -0.4 is 4.90 Å². The number of ketones is 1. The van der Waals surface area contributed by atoms with Crippen LogP contribution in [0.15, 0.2) is 30.3 Å². The average Bonchev–Trinajstić information content (AvgIpc) is 2.94. The van der Waals surface area contributed by atoms with Gasteiger partial charge in [0.05, 0.1) is 6.61 Å². The highest BCUT2D eigenvalue weighted by Crippen LogP contribution is 2.23. The number of benzene rings is 1. The molecule has 4 nitrogen and oxygen atoms in total. The van der Waals surface area contributed by atoms with Gasteiger partial charge in [0, 0.05) is 37.5 Å². The fourth-order valence-electron chi connectivity index (χ4n) is 2.61. The summed E-state index contributed by atoms with van der Waals surface area (Å²) in [5.74, 6) is 0.341. The highest BCUT2D eigenvalue weighted by Gasteiger charge is 2.23. The van der Waals surface area contributed by atoms with Gasteiger partial charge in [-0.05, 0) is 31.9 Å². The lowest BCUT2D eigenvalue weighted by molar-refractivity contribution is -0.144. The maximum atomic E-state index is 11.6. The Hall–Kier alpha value is -1.84. The van der Waals surface area contributed by atoms with Crippen LogP contribution in [0.3, 0.4) is 0 Å². The van der Waals surface area contributed by atoms with Crippen LogP contribution in [0.2, 0.25) is 0 Å². The van der Waals surface area contributed by atoms with Gasteiger partial charge in [0.15, 0.2) is 0 Å². The van der Waals surface area contributed by atoms with E-state index in [0.29, 0.717) is 31.8 Å². The quantitative estimate of drug-likeness (QED) is 0.724. The molecule has 1 unspecified atom stereocenters. The predicted octanol–water partition coefficient (Wildman–Crippen LogP) is 2.82. The van der Waals surface area contributed by atoms with Crippen molar-refractivity contribution in [1.82, 2.24) is 0 Å². The molecule has 4 heteroatoms. The number of ether oxygens (including phenoxy) is 1. The molecule has 1 fully saturated rings. The highest BCUT2D eigenvalue weighted by atomic mass is 16.5. The summed E-state index contributed by atoms with van der Waals surface area (Å²) in [4.78, 5) is 24.7. The molecule has 0 N–H and O–H groups in total. The van der Waals surface area contributed by atoms with Crippen molar-refractivity contribution in [3.05, 3.63) is 30.3 Å². The molecule has 1 heterocycles. The summed E-state index contributed by atoms with van der Waals surface area (Å²) in [6, 6.07) is 10.3. The van der Waals surface area contributed by atoms with E-state index in [1.165, 1.54) is 5.69 Å². The van der Waals surface area contributed by atoms with Gasteiger partial charge in [-0.25, -0.2) is 0 Å². The molecule has 0 saturated carbocycles. The van der Waals surface area contributed by atoms with E-state index in [1.807, 2.05) is 18.2 Å². The number of Topliss-reactive ketones (excluding diaryl/α,β-unsaturated/α-hetero) is 1. The number of nitrogens with zero attached hydrogens (tertiary/aromatic N) is 1. The largest absolute Gasteiger partial charge is 0.465 e. The lowest BCUT2D eigenvalue weighted by Crippen LogP contribution is -2.21. The van der Waals surface area contributed by atoms with E-state index < -0.39 is 0 Å². The maximum Gasteiger partial charge on any atom is 0.305 e. The van der Waals surface area contributed by atoms with E-state index in [9.17, 15) is 9.59 Å². The Morgan fingerprint density at radius 2 is 2.00 bits per heavy atom. The molecule has 0 aromatic heterocycles. The van der Waals surface area contributed by atoms with Crippen molar-refractivity contribution in [3.63, 3.8) is 0 Å². The number of rotatable bonds is 7. The third-order valence-corrected chi connectivity index (χ3v) is 3.80. The molecule has 1 atom stereocenters. The van der Waals surface area contributed by atoms with Gasteiger partial charge in [-0.3, -0.25) is 4.79 Å². The minimum atomic E-state index is -0.186. The van der Waals surface area contributed by atoms with E-state index >= 15 is 0 Å². The first-order chi connectivity index (χ1) is 10.1. The van der Waals surface area contributed by atoms with E-state index in [-0.39, 0.29) is 11.8 Å². The molecule has 1 saturated heterocycles. The summed E-state index contributed by atoms with van der Waals surface area (Å²) < 4.78 is 5.32. The topological polar surface area (TPSA) is 46.6 Å². The van der Waals surface area contributed by atoms with Crippen molar-refractivity contribution >= 4 is 17.4 Å². The lowest BCUT2D eigenvalue weighted by Gasteiger charge is -2.18. The standard InChI is InChI=1S/C17H23NO3/c1-14(19)6-5-9-17(20)21-13-15-10-11-18(12-15)16-7-3-2-4-8-16/h2-4,7-8,15H,5-6,9-13H2,1H3. The fraction of sp³-hybridized carbons (Fsp3) is 0.529. The van der Waals surface area contributed by atoms with Gasteiger partial charge in [0.1, 0.15) is 5.78 Å². The number of hydrogen-bond donors (Lipinski definition) is 0. The second-order valence-corrected chi connectivity index (χ2v) is 5.67. The molecule has 1 aliphatic rings. The first-order valence-corrected chi connectivity index (χ1v) is 7.60. The normalized spacial score (nSPS) is 17.8. The first-order valence-electron chi connectivity index (χ1n) is 7.60. The van der Waals surface area contributed by atoms with Gasteiger partial charge in [-0.15, -0.1) is 0 Å². The van der Waals surface area contributed by atoms with Crippen molar-refractivity contribution in [1.29, 1.82) is 0 Å². The number of carbonyl (C=O) groups excluding carboxylic acids is 2. The first kappa shape index (κ1) is 15.5. The Balaban J connectivity index is 1.66. The maximum absolute atomic E-state index is 11.6. The van der Waals surface area contributed by atoms with Gasteiger partial charge in [0.25, 0.3) is 0 Å². The van der Waals surface area contributed by atoms with Gasteiger partial charge < -0.3 is 14.4 Å². The van der Waals surface area contributed by atoms with Crippen LogP contribution in [-0.2, 0) is 14.3 Å². The van der Waals surface area contributed by atoms with Crippen LogP contribution in [-0.4, -0.2) is 31.4 Å². The van der Waals surface area contributed by atoms with Crippen LogP contribution in [0, 0.1) is 5.92 Å². The number of carbonyl (C=O) groups is 2. The predicted molar refractivity (Wildman–Crippen MR) is 82.3 cm³/mol. The van der Waals surface area contributed by atoms with Gasteiger partial charge >= 0.3 is 5.97 Å². The van der Waals surface area contributed by atoms with Crippen LogP contribution >= 0.6 is 0 Å². The monoisotopic (exact) mass is 289 g/mol. The summed E-state index contributed by atoms with van der Waals surface area (Å²) in [5, 5.41) is 0. The minimum absolute atomic E-state index is 0.122. The smallest absolute Gasteiger partial charge is 0.305 e. The molecular weight excluding hydrogens is 266 g/mol. The molecule has 21 heavy (non-hydrogen) atoms. The lowest BCUT2D eigenvalue weighted by atomic mass is 10.1. The Morgan fingerprint density at radius 3 is 2.71 bits per heavy atom. The third-order valence-electron chi connectivity index (χ3n) is 3.80. The third kappa shape index (κ3) is 5.21. The van der Waals surface area contributed by atoms with Gasteiger partial charge in [-0.2, -0.15) is 0 Å². The van der Waals surface area contributed by atoms with Crippen LogP contribution in [0.5, 0.6) is 0 Å². The fourth-order valence-corrected chi connectivity index (χ4v) is 2.61. The number of anilines is 1. The second kappa shape index (κ2) is 7.81. The molecule has 0 bridgehead atoms. The molecule has 1 aromatic rings. The van der Waals surface area contributed by atoms with E-state index in [2.05, 4.69) is 17.0 Å². The van der Waals surface area contributed by atoms with Crippen molar-refractivity contribution < 1.29 is 14.3 Å². The summed E-state index contributed by atoms with van der Waals surface area (Å²) in [6.45, 7) is 3.98. The molecule has 0 spiro atoms. The molecule has 0 amide bonds. The average molecular weight is 289 g/mol. The number of para-hydroxylation sites is 1. The van der Waals surface area contributed by atoms with E-state index in [1.54, 1.807) is 6.92 Å². The second-order valence-electron chi connectivity index (χ2n) is 5.67.